The lowest BCUT2D eigenvalue weighted by Gasteiger charge is -2.17. The average Bonchev–Trinajstić information content (AvgIpc) is 2.71. The van der Waals surface area contributed by atoms with Crippen molar-refractivity contribution in [3.05, 3.63) is 81.0 Å². The van der Waals surface area contributed by atoms with Gasteiger partial charge in [-0.3, -0.25) is 9.79 Å². The number of methoxy groups -OCH3 is 1. The zero-order valence-electron chi connectivity index (χ0n) is 16.5. The van der Waals surface area contributed by atoms with Crippen molar-refractivity contribution in [2.24, 2.45) is 4.99 Å². The van der Waals surface area contributed by atoms with Crippen molar-refractivity contribution in [3.8, 4) is 5.75 Å². The van der Waals surface area contributed by atoms with Crippen LogP contribution in [-0.2, 0) is 6.54 Å². The van der Waals surface area contributed by atoms with Crippen molar-refractivity contribution in [3.63, 3.8) is 0 Å². The number of ether oxygens (including phenoxy) is 1. The van der Waals surface area contributed by atoms with Crippen LogP contribution in [0.25, 0.3) is 0 Å². The molecule has 0 aliphatic rings. The Morgan fingerprint density at radius 3 is 2.53 bits per heavy atom. The van der Waals surface area contributed by atoms with Crippen molar-refractivity contribution >= 4 is 17.9 Å². The van der Waals surface area contributed by atoms with Crippen molar-refractivity contribution in [2.45, 2.75) is 13.5 Å². The molecule has 156 valence electrons. The SMILES string of the molecule is C/N=C/c1cn(Cc2cc(F)c(F)c(F)c2)c(Nc2cc(OC)ccc2C)nc1=O. The first kappa shape index (κ1) is 21.1. The number of aliphatic imine (C=N–C) groups is 1. The van der Waals surface area contributed by atoms with Gasteiger partial charge in [0.15, 0.2) is 17.5 Å². The molecule has 1 aromatic heterocycles. The van der Waals surface area contributed by atoms with Gasteiger partial charge in [-0.05, 0) is 36.2 Å². The van der Waals surface area contributed by atoms with Crippen LogP contribution in [0.4, 0.5) is 24.8 Å². The van der Waals surface area contributed by atoms with Crippen molar-refractivity contribution in [2.75, 3.05) is 19.5 Å². The lowest BCUT2D eigenvalue weighted by atomic mass is 10.2. The lowest BCUT2D eigenvalue weighted by Crippen LogP contribution is -2.21. The molecule has 0 unspecified atom stereocenters. The highest BCUT2D eigenvalue weighted by Crippen LogP contribution is 2.25. The molecule has 0 radical (unpaired) electrons. The van der Waals surface area contributed by atoms with Gasteiger partial charge >= 0.3 is 0 Å². The summed E-state index contributed by atoms with van der Waals surface area (Å²) < 4.78 is 47.3. The Bertz CT molecular complexity index is 1150. The van der Waals surface area contributed by atoms with Crippen LogP contribution in [0.5, 0.6) is 5.75 Å². The van der Waals surface area contributed by atoms with Crippen LogP contribution in [0, 0.1) is 24.4 Å². The summed E-state index contributed by atoms with van der Waals surface area (Å²) in [6, 6.07) is 7.12. The third-order valence-corrected chi connectivity index (χ3v) is 4.38. The Morgan fingerprint density at radius 2 is 1.90 bits per heavy atom. The van der Waals surface area contributed by atoms with Gasteiger partial charge in [0.1, 0.15) is 5.75 Å². The smallest absolute Gasteiger partial charge is 0.283 e. The summed E-state index contributed by atoms with van der Waals surface area (Å²) in [7, 11) is 3.03. The van der Waals surface area contributed by atoms with Crippen LogP contribution in [0.3, 0.4) is 0 Å². The molecule has 0 aliphatic heterocycles. The molecule has 6 nitrogen and oxygen atoms in total. The summed E-state index contributed by atoms with van der Waals surface area (Å²) >= 11 is 0. The van der Waals surface area contributed by atoms with E-state index in [2.05, 4.69) is 15.3 Å². The molecule has 0 aliphatic carbocycles. The van der Waals surface area contributed by atoms with Gasteiger partial charge in [-0.15, -0.1) is 0 Å². The van der Waals surface area contributed by atoms with E-state index in [4.69, 9.17) is 4.74 Å². The number of nitrogens with one attached hydrogen (secondary N) is 1. The molecule has 1 heterocycles. The van der Waals surface area contributed by atoms with E-state index in [1.54, 1.807) is 12.1 Å². The van der Waals surface area contributed by atoms with Crippen LogP contribution in [0.15, 0.2) is 46.3 Å². The standard InChI is InChI=1S/C21H19F3N4O2/c1-12-4-5-15(30-3)8-18(12)26-21-27-20(29)14(9-25-2)11-28(21)10-13-6-16(22)19(24)17(23)7-13/h4-9,11H,10H2,1-3H3,(H,26,27,29)/b25-9+. The highest BCUT2D eigenvalue weighted by atomic mass is 19.2. The Hall–Kier alpha value is -3.62. The van der Waals surface area contributed by atoms with E-state index in [1.807, 2.05) is 13.0 Å². The highest BCUT2D eigenvalue weighted by molar-refractivity contribution is 5.78. The fourth-order valence-corrected chi connectivity index (χ4v) is 2.84. The number of rotatable bonds is 6. The first-order valence-corrected chi connectivity index (χ1v) is 8.91. The normalized spacial score (nSPS) is 11.1. The third kappa shape index (κ3) is 4.51. The monoisotopic (exact) mass is 416 g/mol. The Kier molecular flexibility index (Phi) is 6.20. The number of hydrogen-bond acceptors (Lipinski definition) is 5. The predicted octanol–water partition coefficient (Wildman–Crippen LogP) is 3.82. The van der Waals surface area contributed by atoms with Gasteiger partial charge in [0.05, 0.1) is 19.2 Å². The topological polar surface area (TPSA) is 68.5 Å². The van der Waals surface area contributed by atoms with E-state index in [0.717, 1.165) is 17.7 Å². The molecule has 0 saturated heterocycles. The summed E-state index contributed by atoms with van der Waals surface area (Å²) in [5.74, 6) is -3.41. The van der Waals surface area contributed by atoms with Crippen LogP contribution >= 0.6 is 0 Å². The number of hydrogen-bond donors (Lipinski definition) is 1. The van der Waals surface area contributed by atoms with E-state index in [0.29, 0.717) is 11.4 Å². The van der Waals surface area contributed by atoms with Gasteiger partial charge in [-0.1, -0.05) is 6.07 Å². The molecular formula is C21H19F3N4O2. The number of anilines is 2. The minimum Gasteiger partial charge on any atom is -0.497 e. The number of aryl methyl sites for hydroxylation is 1. The van der Waals surface area contributed by atoms with E-state index in [-0.39, 0.29) is 23.6 Å². The summed E-state index contributed by atoms with van der Waals surface area (Å²) in [5, 5.41) is 3.05. The second kappa shape index (κ2) is 8.81. The van der Waals surface area contributed by atoms with Crippen LogP contribution in [0.1, 0.15) is 16.7 Å². The van der Waals surface area contributed by atoms with E-state index >= 15 is 0 Å². The Morgan fingerprint density at radius 1 is 1.20 bits per heavy atom. The molecular weight excluding hydrogens is 397 g/mol. The minimum atomic E-state index is -1.54. The number of nitrogens with zero attached hydrogens (tertiary/aromatic N) is 3. The van der Waals surface area contributed by atoms with Crippen molar-refractivity contribution in [1.82, 2.24) is 9.55 Å². The van der Waals surface area contributed by atoms with Crippen LogP contribution in [0.2, 0.25) is 0 Å². The predicted molar refractivity (Wildman–Crippen MR) is 108 cm³/mol. The quantitative estimate of drug-likeness (QED) is 0.490. The Balaban J connectivity index is 2.09. The lowest BCUT2D eigenvalue weighted by molar-refractivity contribution is 0.415. The number of aromatic nitrogens is 2. The molecule has 3 aromatic rings. The summed E-state index contributed by atoms with van der Waals surface area (Å²) in [6.07, 6.45) is 2.79. The molecule has 9 heteroatoms. The maximum atomic E-state index is 13.7. The highest BCUT2D eigenvalue weighted by Gasteiger charge is 2.14. The third-order valence-electron chi connectivity index (χ3n) is 4.38. The number of benzene rings is 2. The second-order valence-corrected chi connectivity index (χ2v) is 6.52. The van der Waals surface area contributed by atoms with Gasteiger partial charge in [-0.25, -0.2) is 13.2 Å². The maximum absolute atomic E-state index is 13.7. The Labute approximate surface area is 170 Å². The fourth-order valence-electron chi connectivity index (χ4n) is 2.84. The summed E-state index contributed by atoms with van der Waals surface area (Å²) in [6.45, 7) is 1.78. The van der Waals surface area contributed by atoms with Gasteiger partial charge in [-0.2, -0.15) is 4.98 Å². The molecule has 0 amide bonds. The average molecular weight is 416 g/mol. The maximum Gasteiger partial charge on any atom is 0.283 e. The molecule has 1 N–H and O–H groups in total. The van der Waals surface area contributed by atoms with Crippen LogP contribution < -0.4 is 15.6 Å². The van der Waals surface area contributed by atoms with Crippen LogP contribution in [-0.4, -0.2) is 29.9 Å². The van der Waals surface area contributed by atoms with E-state index in [1.165, 1.54) is 31.1 Å². The second-order valence-electron chi connectivity index (χ2n) is 6.52. The summed E-state index contributed by atoms with van der Waals surface area (Å²) in [5.41, 5.74) is 1.30. The molecule has 2 aromatic carbocycles. The van der Waals surface area contributed by atoms with Crippen molar-refractivity contribution in [1.29, 1.82) is 0 Å². The van der Waals surface area contributed by atoms with E-state index in [9.17, 15) is 18.0 Å². The zero-order valence-corrected chi connectivity index (χ0v) is 16.5. The molecule has 3 rings (SSSR count). The molecule has 0 fully saturated rings. The molecule has 0 bridgehead atoms. The largest absolute Gasteiger partial charge is 0.497 e. The van der Waals surface area contributed by atoms with Crippen molar-refractivity contribution < 1.29 is 17.9 Å². The van der Waals surface area contributed by atoms with Gasteiger partial charge in [0, 0.05) is 31.2 Å². The molecule has 0 spiro atoms. The zero-order chi connectivity index (χ0) is 21.8. The first-order chi connectivity index (χ1) is 14.3. The molecule has 0 atom stereocenters. The van der Waals surface area contributed by atoms with Gasteiger partial charge in [0.25, 0.3) is 5.56 Å². The van der Waals surface area contributed by atoms with Gasteiger partial charge in [0.2, 0.25) is 5.95 Å². The molecule has 30 heavy (non-hydrogen) atoms. The number of halogens is 3. The molecule has 0 saturated carbocycles. The summed E-state index contributed by atoms with van der Waals surface area (Å²) in [4.78, 5) is 20.2. The minimum absolute atomic E-state index is 0.0721. The van der Waals surface area contributed by atoms with Gasteiger partial charge < -0.3 is 14.6 Å². The van der Waals surface area contributed by atoms with E-state index < -0.39 is 23.0 Å². The fraction of sp³-hybridized carbons (Fsp3) is 0.190. The first-order valence-electron chi connectivity index (χ1n) is 8.91.